The van der Waals surface area contributed by atoms with Crippen LogP contribution < -0.4 is 5.11 Å². The fraction of sp³-hybridized carbons (Fsp3) is 0.889. The second kappa shape index (κ2) is 6.13. The zero-order valence-electron chi connectivity index (χ0n) is 10.5. The van der Waals surface area contributed by atoms with E-state index in [2.05, 4.69) is 0 Å². The molecule has 0 aromatic carbocycles. The number of alkyl halides is 6. The summed E-state index contributed by atoms with van der Waals surface area (Å²) in [6.45, 7) is 0.883. The Hall–Kier alpha value is -0.800. The van der Waals surface area contributed by atoms with Crippen molar-refractivity contribution in [3.8, 4) is 0 Å². The number of hydrogen-bond acceptors (Lipinski definition) is 3. The number of carboxylic acid groups (broad SMARTS) is 1. The van der Waals surface area contributed by atoms with Gasteiger partial charge in [0.1, 0.15) is 0 Å². The first-order valence-corrected chi connectivity index (χ1v) is 7.13. The van der Waals surface area contributed by atoms with Gasteiger partial charge in [0.15, 0.2) is 0 Å². The van der Waals surface area contributed by atoms with Crippen molar-refractivity contribution in [3.63, 3.8) is 0 Å². The predicted octanol–water partition coefficient (Wildman–Crippen LogP) is 1.58. The minimum Gasteiger partial charge on any atom is -0.550 e. The predicted molar refractivity (Wildman–Crippen MR) is 54.9 cm³/mol. The fourth-order valence-electron chi connectivity index (χ4n) is 2.24. The lowest BCUT2D eigenvalue weighted by Gasteiger charge is -2.42. The summed E-state index contributed by atoms with van der Waals surface area (Å²) < 4.78 is 85.9. The van der Waals surface area contributed by atoms with Crippen LogP contribution in [0.4, 0.5) is 26.3 Å². The van der Waals surface area contributed by atoms with E-state index in [4.69, 9.17) is 9.79 Å². The minimum absolute atomic E-state index is 0.883. The largest absolute Gasteiger partial charge is 0.550 e. The molecule has 0 aliphatic rings. The first-order chi connectivity index (χ1) is 9.05. The van der Waals surface area contributed by atoms with Gasteiger partial charge in [-0.05, 0) is 6.42 Å². The van der Waals surface area contributed by atoms with Crippen LogP contribution in [0.1, 0.15) is 26.2 Å². The second-order valence-corrected chi connectivity index (χ2v) is 6.34. The standard InChI is InChI=1S/C9H13F6O5P/c1-2-5(21(18,19)20)7(6(16)17,3-8(10,11)12)4-9(13,14)15/h5H,2-4H2,1H3,(H,16,17)(H2,18,19,20)/p-1. The van der Waals surface area contributed by atoms with Crippen molar-refractivity contribution in [1.29, 1.82) is 0 Å². The summed E-state index contributed by atoms with van der Waals surface area (Å²) >= 11 is 0. The number of carbonyl (C=O) groups excluding carboxylic acids is 1. The van der Waals surface area contributed by atoms with Crippen LogP contribution in [0, 0.1) is 5.41 Å². The Morgan fingerprint density at radius 1 is 1.10 bits per heavy atom. The van der Waals surface area contributed by atoms with Gasteiger partial charge in [-0.2, -0.15) is 26.3 Å². The molecular formula is C9H12F6O5P-. The van der Waals surface area contributed by atoms with Crippen molar-refractivity contribution in [2.75, 3.05) is 0 Å². The summed E-state index contributed by atoms with van der Waals surface area (Å²) in [4.78, 5) is 28.9. The van der Waals surface area contributed by atoms with E-state index in [-0.39, 0.29) is 0 Å². The summed E-state index contributed by atoms with van der Waals surface area (Å²) in [7, 11) is -5.54. The quantitative estimate of drug-likeness (QED) is 0.563. The van der Waals surface area contributed by atoms with Gasteiger partial charge in [0, 0.05) is 11.4 Å². The normalized spacial score (nSPS) is 15.9. The molecule has 1 unspecified atom stereocenters. The van der Waals surface area contributed by atoms with Crippen LogP contribution in [-0.2, 0) is 9.36 Å². The molecule has 0 spiro atoms. The fourth-order valence-corrected chi connectivity index (χ4v) is 3.65. The van der Waals surface area contributed by atoms with E-state index >= 15 is 0 Å². The highest BCUT2D eigenvalue weighted by atomic mass is 31.2. The third-order valence-electron chi connectivity index (χ3n) is 2.87. The van der Waals surface area contributed by atoms with E-state index in [0.717, 1.165) is 6.92 Å². The summed E-state index contributed by atoms with van der Waals surface area (Å²) in [5.74, 6) is -2.80. The SMILES string of the molecule is CCC(C(CC(F)(F)F)(CC(F)(F)F)C(=O)[O-])P(=O)(O)O. The third kappa shape index (κ3) is 5.84. The van der Waals surface area contributed by atoms with E-state index in [0.29, 0.717) is 0 Å². The molecule has 5 nitrogen and oxygen atoms in total. The van der Waals surface area contributed by atoms with Gasteiger partial charge in [-0.25, -0.2) is 0 Å². The molecule has 0 heterocycles. The van der Waals surface area contributed by atoms with Gasteiger partial charge in [0.25, 0.3) is 0 Å². The van der Waals surface area contributed by atoms with E-state index in [1.54, 1.807) is 0 Å². The van der Waals surface area contributed by atoms with Crippen LogP contribution in [0.2, 0.25) is 0 Å². The Balaban J connectivity index is 6.14. The number of hydrogen-bond donors (Lipinski definition) is 2. The number of aliphatic carboxylic acids is 1. The Labute approximate surface area is 115 Å². The maximum absolute atomic E-state index is 12.5. The van der Waals surface area contributed by atoms with Crippen molar-refractivity contribution in [1.82, 2.24) is 0 Å². The molecule has 126 valence electrons. The summed E-state index contributed by atoms with van der Waals surface area (Å²) in [6, 6.07) is 0. The highest BCUT2D eigenvalue weighted by molar-refractivity contribution is 7.52. The highest BCUT2D eigenvalue weighted by Crippen LogP contribution is 2.57. The van der Waals surface area contributed by atoms with Gasteiger partial charge >= 0.3 is 19.9 Å². The smallest absolute Gasteiger partial charge is 0.390 e. The van der Waals surface area contributed by atoms with Gasteiger partial charge < -0.3 is 19.7 Å². The molecule has 2 N–H and O–H groups in total. The molecule has 21 heavy (non-hydrogen) atoms. The molecular weight excluding hydrogens is 333 g/mol. The lowest BCUT2D eigenvalue weighted by atomic mass is 9.76. The van der Waals surface area contributed by atoms with Crippen LogP contribution in [0.3, 0.4) is 0 Å². The zero-order chi connectivity index (χ0) is 17.3. The molecule has 12 heteroatoms. The molecule has 0 aliphatic carbocycles. The summed E-state index contributed by atoms with van der Waals surface area (Å²) in [6.07, 6.45) is -16.8. The van der Waals surface area contributed by atoms with E-state index in [1.807, 2.05) is 0 Å². The monoisotopic (exact) mass is 345 g/mol. The van der Waals surface area contributed by atoms with Gasteiger partial charge in [-0.3, -0.25) is 4.57 Å². The van der Waals surface area contributed by atoms with E-state index in [1.165, 1.54) is 0 Å². The van der Waals surface area contributed by atoms with Crippen LogP contribution in [-0.4, -0.2) is 33.8 Å². The molecule has 0 radical (unpaired) electrons. The number of rotatable bonds is 6. The first kappa shape index (κ1) is 20.2. The molecule has 0 rings (SSSR count). The topological polar surface area (TPSA) is 97.7 Å². The number of carbonyl (C=O) groups is 1. The Kier molecular flexibility index (Phi) is 5.90. The van der Waals surface area contributed by atoms with Gasteiger partial charge in [0.2, 0.25) is 0 Å². The maximum atomic E-state index is 12.5. The maximum Gasteiger partial charge on any atom is 0.390 e. The van der Waals surface area contributed by atoms with Crippen molar-refractivity contribution >= 4 is 13.6 Å². The molecule has 0 aromatic heterocycles. The Morgan fingerprint density at radius 3 is 1.57 bits per heavy atom. The van der Waals surface area contributed by atoms with E-state index < -0.39 is 56.3 Å². The van der Waals surface area contributed by atoms with Gasteiger partial charge in [-0.15, -0.1) is 0 Å². The Bertz CT molecular complexity index is 409. The molecule has 0 aromatic rings. The van der Waals surface area contributed by atoms with Crippen molar-refractivity contribution in [2.24, 2.45) is 5.41 Å². The van der Waals surface area contributed by atoms with E-state index in [9.17, 15) is 40.8 Å². The summed E-state index contributed by atoms with van der Waals surface area (Å²) in [5, 5.41) is 11.0. The van der Waals surface area contributed by atoms with Gasteiger partial charge in [-0.1, -0.05) is 6.92 Å². The first-order valence-electron chi connectivity index (χ1n) is 5.45. The van der Waals surface area contributed by atoms with Crippen LogP contribution >= 0.6 is 7.60 Å². The summed E-state index contributed by atoms with van der Waals surface area (Å²) in [5.41, 5.74) is -6.46. The van der Waals surface area contributed by atoms with Crippen LogP contribution in [0.5, 0.6) is 0 Å². The molecule has 0 saturated heterocycles. The third-order valence-corrected chi connectivity index (χ3v) is 4.54. The highest BCUT2D eigenvalue weighted by Gasteiger charge is 2.57. The van der Waals surface area contributed by atoms with Gasteiger partial charge in [0.05, 0.1) is 18.5 Å². The molecule has 0 fully saturated rings. The molecule has 1 atom stereocenters. The lowest BCUT2D eigenvalue weighted by Crippen LogP contribution is -2.54. The number of carboxylic acids is 1. The van der Waals surface area contributed by atoms with Crippen LogP contribution in [0.25, 0.3) is 0 Å². The van der Waals surface area contributed by atoms with Crippen molar-refractivity contribution < 1.29 is 50.6 Å². The second-order valence-electron chi connectivity index (χ2n) is 4.54. The van der Waals surface area contributed by atoms with Crippen LogP contribution in [0.15, 0.2) is 0 Å². The minimum atomic E-state index is -5.54. The molecule has 0 aliphatic heterocycles. The molecule has 0 amide bonds. The van der Waals surface area contributed by atoms with Crippen molar-refractivity contribution in [3.05, 3.63) is 0 Å². The average Bonchev–Trinajstić information content (AvgIpc) is 2.09. The average molecular weight is 345 g/mol. The molecule has 0 bridgehead atoms. The molecule has 0 saturated carbocycles. The number of halogens is 6. The Morgan fingerprint density at radius 2 is 1.43 bits per heavy atom. The lowest BCUT2D eigenvalue weighted by molar-refractivity contribution is -0.330. The van der Waals surface area contributed by atoms with Crippen molar-refractivity contribution in [2.45, 2.75) is 44.2 Å². The zero-order valence-corrected chi connectivity index (χ0v) is 11.4.